The summed E-state index contributed by atoms with van der Waals surface area (Å²) < 4.78 is 0. The first-order chi connectivity index (χ1) is 6.93. The van der Waals surface area contributed by atoms with Gasteiger partial charge in [-0.15, -0.1) is 0 Å². The number of unbranched alkanes of at least 4 members (excludes halogenated alkanes) is 3. The minimum Gasteiger partial charge on any atom is -0.396 e. The number of rotatable bonds is 6. The van der Waals surface area contributed by atoms with Crippen LogP contribution in [0.1, 0.15) is 70.6 Å². The van der Waals surface area contributed by atoms with Gasteiger partial charge in [-0.3, -0.25) is 0 Å². The Hall–Kier alpha value is -0.0400. The van der Waals surface area contributed by atoms with Gasteiger partial charge in [0, 0.05) is 6.61 Å². The zero-order valence-electron chi connectivity index (χ0n) is 9.51. The Balaban J connectivity index is 1.93. The maximum atomic E-state index is 8.65. The van der Waals surface area contributed by atoms with E-state index in [1.165, 1.54) is 64.2 Å². The highest BCUT2D eigenvalue weighted by molar-refractivity contribution is 4.64. The van der Waals surface area contributed by atoms with Crippen LogP contribution in [0.4, 0.5) is 0 Å². The van der Waals surface area contributed by atoms with Crippen LogP contribution in [0.15, 0.2) is 0 Å². The summed E-state index contributed by atoms with van der Waals surface area (Å²) in [5.74, 6) is 1.03. The van der Waals surface area contributed by atoms with Crippen molar-refractivity contribution in [2.24, 2.45) is 5.92 Å². The van der Waals surface area contributed by atoms with Crippen LogP contribution in [0.5, 0.6) is 0 Å². The minimum atomic E-state index is 0.378. The molecule has 1 aliphatic rings. The predicted octanol–water partition coefficient (Wildman–Crippen LogP) is 3.90. The molecule has 0 atom stereocenters. The molecule has 84 valence electrons. The third kappa shape index (κ3) is 5.64. The topological polar surface area (TPSA) is 20.2 Å². The van der Waals surface area contributed by atoms with E-state index in [-0.39, 0.29) is 0 Å². The first-order valence-corrected chi connectivity index (χ1v) is 6.54. The van der Waals surface area contributed by atoms with Crippen molar-refractivity contribution in [1.82, 2.24) is 0 Å². The molecule has 0 spiro atoms. The van der Waals surface area contributed by atoms with Crippen LogP contribution < -0.4 is 0 Å². The zero-order chi connectivity index (χ0) is 10.1. The first-order valence-electron chi connectivity index (χ1n) is 6.54. The van der Waals surface area contributed by atoms with Crippen LogP contribution >= 0.6 is 0 Å². The van der Waals surface area contributed by atoms with Crippen LogP contribution in [-0.2, 0) is 0 Å². The minimum absolute atomic E-state index is 0.378. The van der Waals surface area contributed by atoms with Crippen molar-refractivity contribution in [1.29, 1.82) is 0 Å². The fourth-order valence-corrected chi connectivity index (χ4v) is 2.55. The van der Waals surface area contributed by atoms with Gasteiger partial charge in [-0.25, -0.2) is 0 Å². The smallest absolute Gasteiger partial charge is 0.0431 e. The van der Waals surface area contributed by atoms with Crippen molar-refractivity contribution in [3.05, 3.63) is 0 Å². The summed E-state index contributed by atoms with van der Waals surface area (Å²) in [4.78, 5) is 0. The lowest BCUT2D eigenvalue weighted by molar-refractivity contribution is 0.281. The summed E-state index contributed by atoms with van der Waals surface area (Å²) >= 11 is 0. The van der Waals surface area contributed by atoms with Crippen molar-refractivity contribution in [2.45, 2.75) is 70.6 Å². The van der Waals surface area contributed by atoms with Crippen LogP contribution in [-0.4, -0.2) is 11.7 Å². The Labute approximate surface area is 88.9 Å². The average Bonchev–Trinajstić information content (AvgIpc) is 2.46. The molecule has 1 nitrogen and oxygen atoms in total. The molecule has 1 heteroatoms. The van der Waals surface area contributed by atoms with E-state index < -0.39 is 0 Å². The van der Waals surface area contributed by atoms with E-state index in [1.807, 2.05) is 0 Å². The molecule has 0 saturated heterocycles. The first kappa shape index (κ1) is 12.0. The van der Waals surface area contributed by atoms with E-state index in [4.69, 9.17) is 5.11 Å². The molecule has 0 amide bonds. The highest BCUT2D eigenvalue weighted by Crippen LogP contribution is 2.27. The fraction of sp³-hybridized carbons (Fsp3) is 1.00. The molecule has 0 unspecified atom stereocenters. The molecule has 1 rings (SSSR count). The van der Waals surface area contributed by atoms with Gasteiger partial charge in [0.2, 0.25) is 0 Å². The summed E-state index contributed by atoms with van der Waals surface area (Å²) in [6.07, 6.45) is 15.3. The van der Waals surface area contributed by atoms with Crippen LogP contribution in [0.3, 0.4) is 0 Å². The molecule has 0 radical (unpaired) electrons. The predicted molar refractivity (Wildman–Crippen MR) is 61.4 cm³/mol. The van der Waals surface area contributed by atoms with E-state index in [1.54, 1.807) is 0 Å². The van der Waals surface area contributed by atoms with Crippen molar-refractivity contribution in [2.75, 3.05) is 6.61 Å². The summed E-state index contributed by atoms with van der Waals surface area (Å²) in [6, 6.07) is 0. The van der Waals surface area contributed by atoms with Crippen molar-refractivity contribution in [3.8, 4) is 0 Å². The molecule has 1 fully saturated rings. The third-order valence-corrected chi connectivity index (χ3v) is 3.50. The van der Waals surface area contributed by atoms with Crippen molar-refractivity contribution >= 4 is 0 Å². The number of aliphatic hydroxyl groups excluding tert-OH is 1. The van der Waals surface area contributed by atoms with E-state index in [2.05, 4.69) is 0 Å². The Morgan fingerprint density at radius 3 is 2.07 bits per heavy atom. The summed E-state index contributed by atoms with van der Waals surface area (Å²) in [7, 11) is 0. The molecule has 14 heavy (non-hydrogen) atoms. The van der Waals surface area contributed by atoms with E-state index in [9.17, 15) is 0 Å². The van der Waals surface area contributed by atoms with Gasteiger partial charge in [0.1, 0.15) is 0 Å². The second-order valence-corrected chi connectivity index (χ2v) is 4.78. The molecule has 0 bridgehead atoms. The van der Waals surface area contributed by atoms with Gasteiger partial charge in [-0.05, 0) is 12.3 Å². The molecule has 0 aromatic rings. The third-order valence-electron chi connectivity index (χ3n) is 3.50. The van der Waals surface area contributed by atoms with Gasteiger partial charge in [0.15, 0.2) is 0 Å². The van der Waals surface area contributed by atoms with Gasteiger partial charge in [0.05, 0.1) is 0 Å². The number of aliphatic hydroxyl groups is 1. The lowest BCUT2D eigenvalue weighted by atomic mass is 9.94. The Morgan fingerprint density at radius 2 is 1.43 bits per heavy atom. The monoisotopic (exact) mass is 198 g/mol. The molecule has 1 aliphatic carbocycles. The lowest BCUT2D eigenvalue weighted by Gasteiger charge is -2.12. The van der Waals surface area contributed by atoms with Gasteiger partial charge in [-0.1, -0.05) is 64.2 Å². The van der Waals surface area contributed by atoms with Crippen LogP contribution in [0.25, 0.3) is 0 Å². The second kappa shape index (κ2) is 8.28. The maximum absolute atomic E-state index is 8.65. The second-order valence-electron chi connectivity index (χ2n) is 4.78. The van der Waals surface area contributed by atoms with Crippen molar-refractivity contribution in [3.63, 3.8) is 0 Å². The molecule has 1 saturated carbocycles. The number of hydrogen-bond donors (Lipinski definition) is 1. The molecule has 1 N–H and O–H groups in total. The number of hydrogen-bond acceptors (Lipinski definition) is 1. The molecule has 0 aromatic carbocycles. The average molecular weight is 198 g/mol. The van der Waals surface area contributed by atoms with Gasteiger partial charge in [-0.2, -0.15) is 0 Å². The molecular weight excluding hydrogens is 172 g/mol. The largest absolute Gasteiger partial charge is 0.396 e. The summed E-state index contributed by atoms with van der Waals surface area (Å²) in [5, 5.41) is 8.65. The van der Waals surface area contributed by atoms with E-state index in [0.29, 0.717) is 6.61 Å². The molecule has 0 aliphatic heterocycles. The van der Waals surface area contributed by atoms with Crippen molar-refractivity contribution < 1.29 is 5.11 Å². The van der Waals surface area contributed by atoms with E-state index in [0.717, 1.165) is 12.3 Å². The fourth-order valence-electron chi connectivity index (χ4n) is 2.55. The summed E-state index contributed by atoms with van der Waals surface area (Å²) in [5.41, 5.74) is 0. The summed E-state index contributed by atoms with van der Waals surface area (Å²) in [6.45, 7) is 0.378. The standard InChI is InChI=1S/C13H26O/c14-12-8-4-3-7-11-13-9-5-1-2-6-10-13/h13-14H,1-12H2. The van der Waals surface area contributed by atoms with Crippen LogP contribution in [0, 0.1) is 5.92 Å². The zero-order valence-corrected chi connectivity index (χ0v) is 9.51. The quantitative estimate of drug-likeness (QED) is 0.507. The van der Waals surface area contributed by atoms with Gasteiger partial charge in [0.25, 0.3) is 0 Å². The van der Waals surface area contributed by atoms with Gasteiger partial charge < -0.3 is 5.11 Å². The molecule has 0 aromatic heterocycles. The Bertz CT molecular complexity index is 114. The lowest BCUT2D eigenvalue weighted by Crippen LogP contribution is -1.98. The highest BCUT2D eigenvalue weighted by atomic mass is 16.2. The van der Waals surface area contributed by atoms with Crippen LogP contribution in [0.2, 0.25) is 0 Å². The Morgan fingerprint density at radius 1 is 0.786 bits per heavy atom. The van der Waals surface area contributed by atoms with Gasteiger partial charge >= 0.3 is 0 Å². The molecular formula is C13H26O. The normalized spacial score (nSPS) is 19.5. The Kier molecular flexibility index (Phi) is 7.12. The van der Waals surface area contributed by atoms with E-state index >= 15 is 0 Å². The SMILES string of the molecule is OCCCCCCC1CCCCCC1. The molecule has 0 heterocycles. The highest BCUT2D eigenvalue weighted by Gasteiger charge is 2.11. The maximum Gasteiger partial charge on any atom is 0.0431 e.